The van der Waals surface area contributed by atoms with E-state index in [9.17, 15) is 4.79 Å². The number of fused-ring (bicyclic) bond motifs is 1. The van der Waals surface area contributed by atoms with Crippen LogP contribution in [0.1, 0.15) is 26.0 Å². The van der Waals surface area contributed by atoms with Gasteiger partial charge in [-0.25, -0.2) is 0 Å². The third kappa shape index (κ3) is 2.96. The molecular weight excluding hydrogens is 250 g/mol. The number of carbonyl (C=O) groups is 1. The fourth-order valence-electron chi connectivity index (χ4n) is 2.14. The lowest BCUT2D eigenvalue weighted by atomic mass is 9.99. The van der Waals surface area contributed by atoms with Gasteiger partial charge >= 0.3 is 0 Å². The van der Waals surface area contributed by atoms with Gasteiger partial charge in [0.05, 0.1) is 17.2 Å². The fourth-order valence-corrected chi connectivity index (χ4v) is 2.14. The molecule has 0 aliphatic heterocycles. The van der Waals surface area contributed by atoms with Crippen LogP contribution >= 0.6 is 0 Å². The number of carbonyl (C=O) groups excluding carboxylic acids is 1. The summed E-state index contributed by atoms with van der Waals surface area (Å²) in [6, 6.07) is 9.14. The van der Waals surface area contributed by atoms with Crippen molar-refractivity contribution in [3.05, 3.63) is 36.0 Å². The van der Waals surface area contributed by atoms with Crippen LogP contribution in [0.15, 0.2) is 30.3 Å². The molecule has 3 N–H and O–H groups in total. The molecule has 1 amide bonds. The average Bonchev–Trinajstić information content (AvgIpc) is 2.45. The highest BCUT2D eigenvalue weighted by Gasteiger charge is 2.20. The Morgan fingerprint density at radius 2 is 2.10 bits per heavy atom. The number of anilines is 1. The SMILES string of the molecule is CCC(C)[C@H](N)C(=O)Nc1cc(C)nc2ccccc12. The Hall–Kier alpha value is -1.94. The van der Waals surface area contributed by atoms with Crippen molar-refractivity contribution >= 4 is 22.5 Å². The molecule has 1 unspecified atom stereocenters. The Balaban J connectivity index is 2.32. The van der Waals surface area contributed by atoms with Crippen molar-refractivity contribution < 1.29 is 4.79 Å². The number of para-hydroxylation sites is 1. The third-order valence-corrected chi connectivity index (χ3v) is 3.66. The summed E-state index contributed by atoms with van der Waals surface area (Å²) in [6.07, 6.45) is 0.880. The molecule has 0 saturated carbocycles. The standard InChI is InChI=1S/C16H21N3O/c1-4-10(2)15(17)16(20)19-14-9-11(3)18-13-8-6-5-7-12(13)14/h5-10,15H,4,17H2,1-3H3,(H,18,19,20)/t10?,15-/m0/s1. The number of amides is 1. The normalized spacial score (nSPS) is 14.0. The first kappa shape index (κ1) is 14.5. The van der Waals surface area contributed by atoms with Crippen LogP contribution in [0.5, 0.6) is 0 Å². The molecule has 4 heteroatoms. The Morgan fingerprint density at radius 3 is 2.80 bits per heavy atom. The molecule has 106 valence electrons. The van der Waals surface area contributed by atoms with Gasteiger partial charge in [-0.2, -0.15) is 0 Å². The maximum atomic E-state index is 12.2. The van der Waals surface area contributed by atoms with Gasteiger partial charge in [0.1, 0.15) is 0 Å². The molecule has 1 aromatic heterocycles. The minimum Gasteiger partial charge on any atom is -0.324 e. The highest BCUT2D eigenvalue weighted by molar-refractivity contribution is 6.02. The minimum atomic E-state index is -0.493. The molecule has 2 atom stereocenters. The van der Waals surface area contributed by atoms with Crippen LogP contribution in [0.25, 0.3) is 10.9 Å². The predicted molar refractivity (Wildman–Crippen MR) is 82.5 cm³/mol. The molecule has 0 spiro atoms. The molecule has 1 aromatic carbocycles. The van der Waals surface area contributed by atoms with Gasteiger partial charge in [-0.1, -0.05) is 38.5 Å². The fraction of sp³-hybridized carbons (Fsp3) is 0.375. The van der Waals surface area contributed by atoms with Crippen LogP contribution in [0.4, 0.5) is 5.69 Å². The summed E-state index contributed by atoms with van der Waals surface area (Å²) < 4.78 is 0. The zero-order valence-corrected chi connectivity index (χ0v) is 12.2. The minimum absolute atomic E-state index is 0.143. The second kappa shape index (κ2) is 6.01. The lowest BCUT2D eigenvalue weighted by molar-refractivity contribution is -0.118. The zero-order valence-electron chi connectivity index (χ0n) is 12.2. The number of nitrogens with two attached hydrogens (primary N) is 1. The summed E-state index contributed by atoms with van der Waals surface area (Å²) in [6.45, 7) is 5.93. The predicted octanol–water partition coefficient (Wildman–Crippen LogP) is 2.86. The van der Waals surface area contributed by atoms with Crippen molar-refractivity contribution in [2.75, 3.05) is 5.32 Å². The zero-order chi connectivity index (χ0) is 14.7. The Labute approximate surface area is 119 Å². The van der Waals surface area contributed by atoms with Gasteiger partial charge in [-0.05, 0) is 25.0 Å². The number of aryl methyl sites for hydroxylation is 1. The quantitative estimate of drug-likeness (QED) is 0.898. The van der Waals surface area contributed by atoms with Gasteiger partial charge in [0.2, 0.25) is 5.91 Å². The number of hydrogen-bond acceptors (Lipinski definition) is 3. The number of aromatic nitrogens is 1. The second-order valence-electron chi connectivity index (χ2n) is 5.23. The molecular formula is C16H21N3O. The topological polar surface area (TPSA) is 68.0 Å². The summed E-state index contributed by atoms with van der Waals surface area (Å²) in [7, 11) is 0. The summed E-state index contributed by atoms with van der Waals surface area (Å²) in [5.74, 6) is 0.0132. The van der Waals surface area contributed by atoms with E-state index in [-0.39, 0.29) is 11.8 Å². The molecule has 2 aromatic rings. The molecule has 0 aliphatic rings. The summed E-state index contributed by atoms with van der Waals surface area (Å²) in [5, 5.41) is 3.87. The molecule has 2 rings (SSSR count). The summed E-state index contributed by atoms with van der Waals surface area (Å²) in [5.41, 5.74) is 8.49. The van der Waals surface area contributed by atoms with Crippen molar-refractivity contribution in [1.29, 1.82) is 0 Å². The van der Waals surface area contributed by atoms with Gasteiger partial charge in [0.25, 0.3) is 0 Å². The number of hydrogen-bond donors (Lipinski definition) is 2. The van der Waals surface area contributed by atoms with Gasteiger partial charge in [0.15, 0.2) is 0 Å². The molecule has 0 radical (unpaired) electrons. The number of nitrogens with zero attached hydrogens (tertiary/aromatic N) is 1. The maximum Gasteiger partial charge on any atom is 0.241 e. The largest absolute Gasteiger partial charge is 0.324 e. The van der Waals surface area contributed by atoms with E-state index in [0.29, 0.717) is 0 Å². The second-order valence-corrected chi connectivity index (χ2v) is 5.23. The lowest BCUT2D eigenvalue weighted by Crippen LogP contribution is -2.40. The van der Waals surface area contributed by atoms with Gasteiger partial charge < -0.3 is 11.1 Å². The van der Waals surface area contributed by atoms with E-state index in [0.717, 1.165) is 28.7 Å². The van der Waals surface area contributed by atoms with Crippen molar-refractivity contribution in [2.45, 2.75) is 33.2 Å². The third-order valence-electron chi connectivity index (χ3n) is 3.66. The van der Waals surface area contributed by atoms with Crippen LogP contribution < -0.4 is 11.1 Å². The number of pyridine rings is 1. The molecule has 1 heterocycles. The van der Waals surface area contributed by atoms with Gasteiger partial charge in [0, 0.05) is 11.1 Å². The molecule has 4 nitrogen and oxygen atoms in total. The van der Waals surface area contributed by atoms with E-state index in [1.165, 1.54) is 0 Å². The average molecular weight is 271 g/mol. The van der Waals surface area contributed by atoms with Crippen molar-refractivity contribution in [3.63, 3.8) is 0 Å². The summed E-state index contributed by atoms with van der Waals surface area (Å²) in [4.78, 5) is 16.7. The van der Waals surface area contributed by atoms with Crippen molar-refractivity contribution in [3.8, 4) is 0 Å². The van der Waals surface area contributed by atoms with E-state index in [2.05, 4.69) is 10.3 Å². The van der Waals surface area contributed by atoms with Crippen LogP contribution in [0.3, 0.4) is 0 Å². The van der Waals surface area contributed by atoms with Crippen molar-refractivity contribution in [1.82, 2.24) is 4.98 Å². The Bertz CT molecular complexity index is 624. The van der Waals surface area contributed by atoms with Gasteiger partial charge in [-0.15, -0.1) is 0 Å². The first-order valence-corrected chi connectivity index (χ1v) is 6.95. The smallest absolute Gasteiger partial charge is 0.241 e. The molecule has 0 saturated heterocycles. The molecule has 0 bridgehead atoms. The van der Waals surface area contributed by atoms with Crippen LogP contribution in [-0.2, 0) is 4.79 Å². The van der Waals surface area contributed by atoms with E-state index < -0.39 is 6.04 Å². The van der Waals surface area contributed by atoms with Crippen molar-refractivity contribution in [2.24, 2.45) is 11.7 Å². The van der Waals surface area contributed by atoms with Crippen LogP contribution in [0, 0.1) is 12.8 Å². The maximum absolute atomic E-state index is 12.2. The Kier molecular flexibility index (Phi) is 4.35. The van der Waals surface area contributed by atoms with E-state index >= 15 is 0 Å². The lowest BCUT2D eigenvalue weighted by Gasteiger charge is -2.18. The van der Waals surface area contributed by atoms with E-state index in [1.54, 1.807) is 0 Å². The molecule has 20 heavy (non-hydrogen) atoms. The monoisotopic (exact) mass is 271 g/mol. The number of rotatable bonds is 4. The molecule has 0 aliphatic carbocycles. The number of nitrogens with one attached hydrogen (secondary N) is 1. The highest BCUT2D eigenvalue weighted by atomic mass is 16.2. The van der Waals surface area contributed by atoms with Crippen LogP contribution in [-0.4, -0.2) is 16.9 Å². The van der Waals surface area contributed by atoms with E-state index in [1.807, 2.05) is 51.1 Å². The summed E-state index contributed by atoms with van der Waals surface area (Å²) >= 11 is 0. The van der Waals surface area contributed by atoms with Gasteiger partial charge in [-0.3, -0.25) is 9.78 Å². The van der Waals surface area contributed by atoms with E-state index in [4.69, 9.17) is 5.73 Å². The Morgan fingerprint density at radius 1 is 1.40 bits per heavy atom. The highest BCUT2D eigenvalue weighted by Crippen LogP contribution is 2.23. The first-order chi connectivity index (χ1) is 9.52. The van der Waals surface area contributed by atoms with Crippen LogP contribution in [0.2, 0.25) is 0 Å². The molecule has 0 fully saturated rings. The first-order valence-electron chi connectivity index (χ1n) is 6.95. The number of benzene rings is 1.